The molecule has 0 bridgehead atoms. The van der Waals surface area contributed by atoms with Gasteiger partial charge in [-0.1, -0.05) is 23.7 Å². The monoisotopic (exact) mass is 631 g/mol. The van der Waals surface area contributed by atoms with Crippen LogP contribution in [0.25, 0.3) is 0 Å². The number of carbonyl (C=O) groups excluding carboxylic acids is 3. The third-order valence-corrected chi connectivity index (χ3v) is 8.63. The Morgan fingerprint density at radius 3 is 2.37 bits per heavy atom. The molecular formula is C30H28ClF2N3O6S. The van der Waals surface area contributed by atoms with Gasteiger partial charge in [0.1, 0.15) is 22.8 Å². The first-order chi connectivity index (χ1) is 20.0. The van der Waals surface area contributed by atoms with Gasteiger partial charge in [0.2, 0.25) is 21.8 Å². The number of carbonyl (C=O) groups is 3. The molecule has 0 saturated carbocycles. The van der Waals surface area contributed by atoms with Crippen LogP contribution in [-0.4, -0.2) is 38.0 Å². The number of fused-ring (bicyclic) bond motifs is 2. The molecule has 13 heteroatoms. The maximum atomic E-state index is 15.0. The Balaban J connectivity index is 1.76. The van der Waals surface area contributed by atoms with Crippen molar-refractivity contribution in [3.63, 3.8) is 0 Å². The Kier molecular flexibility index (Phi) is 7.50. The third kappa shape index (κ3) is 5.45. The molecule has 2 heterocycles. The second kappa shape index (κ2) is 10.6. The van der Waals surface area contributed by atoms with Crippen LogP contribution in [0, 0.1) is 18.6 Å². The average Bonchev–Trinajstić information content (AvgIpc) is 3.17. The summed E-state index contributed by atoms with van der Waals surface area (Å²) < 4.78 is 61.0. The highest BCUT2D eigenvalue weighted by molar-refractivity contribution is 7.89. The molecule has 2 aliphatic heterocycles. The van der Waals surface area contributed by atoms with E-state index in [4.69, 9.17) is 16.3 Å². The van der Waals surface area contributed by atoms with Crippen LogP contribution in [0.1, 0.15) is 54.5 Å². The van der Waals surface area contributed by atoms with Crippen molar-refractivity contribution in [1.29, 1.82) is 0 Å². The fourth-order valence-corrected chi connectivity index (χ4v) is 6.69. The van der Waals surface area contributed by atoms with Gasteiger partial charge in [-0.25, -0.2) is 21.9 Å². The predicted molar refractivity (Wildman–Crippen MR) is 155 cm³/mol. The molecule has 3 atom stereocenters. The van der Waals surface area contributed by atoms with E-state index in [0.717, 1.165) is 18.4 Å². The Hall–Kier alpha value is -4.03. The summed E-state index contributed by atoms with van der Waals surface area (Å²) in [7, 11) is -3.94. The van der Waals surface area contributed by atoms with E-state index in [1.807, 2.05) is 4.72 Å². The number of ether oxygens (including phenoxy) is 1. The molecule has 1 saturated heterocycles. The average molecular weight is 632 g/mol. The van der Waals surface area contributed by atoms with E-state index < -0.39 is 62.4 Å². The predicted octanol–water partition coefficient (Wildman–Crippen LogP) is 4.39. The molecule has 2 aliphatic rings. The number of sulfonamides is 1. The highest BCUT2D eigenvalue weighted by atomic mass is 35.5. The van der Waals surface area contributed by atoms with Crippen molar-refractivity contribution in [3.05, 3.63) is 93.5 Å². The fourth-order valence-electron chi connectivity index (χ4n) is 5.94. The minimum Gasteiger partial charge on any atom is -0.478 e. The molecule has 3 unspecified atom stereocenters. The zero-order valence-electron chi connectivity index (χ0n) is 23.5. The van der Waals surface area contributed by atoms with E-state index in [1.165, 1.54) is 38.1 Å². The summed E-state index contributed by atoms with van der Waals surface area (Å²) >= 11 is 6.25. The van der Waals surface area contributed by atoms with Crippen LogP contribution < -0.4 is 20.1 Å². The van der Waals surface area contributed by atoms with Gasteiger partial charge in [0.05, 0.1) is 12.3 Å². The zero-order valence-corrected chi connectivity index (χ0v) is 25.1. The summed E-state index contributed by atoms with van der Waals surface area (Å²) in [6, 6.07) is 11.1. The summed E-state index contributed by atoms with van der Waals surface area (Å²) in [6.45, 7) is 4.36. The number of anilines is 1. The Bertz CT molecular complexity index is 1800. The van der Waals surface area contributed by atoms with Crippen molar-refractivity contribution < 1.29 is 36.3 Å². The molecule has 1 fully saturated rings. The summed E-state index contributed by atoms with van der Waals surface area (Å²) in [4.78, 5) is 40.5. The van der Waals surface area contributed by atoms with Crippen LogP contribution in [0.5, 0.6) is 5.75 Å². The Labute approximate surface area is 252 Å². The van der Waals surface area contributed by atoms with Crippen LogP contribution in [0.2, 0.25) is 5.02 Å². The minimum atomic E-state index is -3.94. The quantitative estimate of drug-likeness (QED) is 0.370. The fraction of sp³-hybridized carbons (Fsp3) is 0.300. The van der Waals surface area contributed by atoms with Crippen molar-refractivity contribution in [2.75, 3.05) is 11.6 Å². The highest BCUT2D eigenvalue weighted by Crippen LogP contribution is 2.59. The largest absolute Gasteiger partial charge is 0.478 e. The molecule has 0 radical (unpaired) electrons. The van der Waals surface area contributed by atoms with Crippen molar-refractivity contribution in [2.45, 2.75) is 50.2 Å². The van der Waals surface area contributed by atoms with Gasteiger partial charge in [-0.15, -0.1) is 0 Å². The van der Waals surface area contributed by atoms with Gasteiger partial charge in [-0.3, -0.25) is 14.4 Å². The molecule has 3 N–H and O–H groups in total. The number of aryl methyl sites for hydroxylation is 1. The van der Waals surface area contributed by atoms with Gasteiger partial charge >= 0.3 is 0 Å². The highest BCUT2D eigenvalue weighted by Gasteiger charge is 2.62. The number of rotatable bonds is 6. The van der Waals surface area contributed by atoms with Gasteiger partial charge < -0.3 is 15.4 Å². The third-order valence-electron chi connectivity index (χ3n) is 7.84. The second-order valence-electron chi connectivity index (χ2n) is 11.3. The summed E-state index contributed by atoms with van der Waals surface area (Å²) in [5.41, 5.74) is -1.64. The van der Waals surface area contributed by atoms with E-state index in [1.54, 1.807) is 25.1 Å². The number of hydrogen-bond acceptors (Lipinski definition) is 6. The lowest BCUT2D eigenvalue weighted by Gasteiger charge is -2.47. The number of benzene rings is 3. The molecule has 3 amide bonds. The summed E-state index contributed by atoms with van der Waals surface area (Å²) in [5.74, 6) is -4.50. The number of piperidine rings is 1. The number of nitrogens with one attached hydrogen (secondary N) is 3. The maximum Gasteiger partial charge on any atom is 0.277 e. The molecular weight excluding hydrogens is 604 g/mol. The van der Waals surface area contributed by atoms with Crippen molar-refractivity contribution in [3.8, 4) is 5.75 Å². The molecule has 9 nitrogen and oxygen atoms in total. The molecule has 3 aromatic carbocycles. The first kappa shape index (κ1) is 30.4. The van der Waals surface area contributed by atoms with E-state index in [0.29, 0.717) is 27.4 Å². The molecule has 3 aromatic rings. The van der Waals surface area contributed by atoms with Crippen LogP contribution in [0.4, 0.5) is 14.5 Å². The standard InChI is InChI=1S/C30H28ClF2N3O6S/c1-15-5-7-17(32)12-19(15)26-30(21-9-6-16(31)11-23(21)34-28(30)39)22(14-25(37)35-26)20-13-18(33)8-10-24(20)42-29(2,3)27(38)36-43(4,40)41/h5-13,22,26H,14H2,1-4H3,(H,34,39)(H,35,37)(H,36,38). The van der Waals surface area contributed by atoms with Gasteiger partial charge in [0.25, 0.3) is 5.91 Å². The molecule has 0 aromatic heterocycles. The normalized spacial score (nSPS) is 21.7. The summed E-state index contributed by atoms with van der Waals surface area (Å²) in [6.07, 6.45) is 0.502. The lowest BCUT2D eigenvalue weighted by molar-refractivity contribution is -0.133. The minimum absolute atomic E-state index is 0.0564. The smallest absolute Gasteiger partial charge is 0.277 e. The van der Waals surface area contributed by atoms with Crippen LogP contribution in [0.15, 0.2) is 54.6 Å². The van der Waals surface area contributed by atoms with Crippen LogP contribution in [-0.2, 0) is 29.8 Å². The van der Waals surface area contributed by atoms with E-state index in [-0.39, 0.29) is 17.7 Å². The van der Waals surface area contributed by atoms with Crippen LogP contribution in [0.3, 0.4) is 0 Å². The zero-order chi connectivity index (χ0) is 31.5. The lowest BCUT2D eigenvalue weighted by Crippen LogP contribution is -2.57. The maximum absolute atomic E-state index is 15.0. The Morgan fingerprint density at radius 2 is 1.70 bits per heavy atom. The van der Waals surface area contributed by atoms with Crippen molar-refractivity contribution in [1.82, 2.24) is 10.0 Å². The lowest BCUT2D eigenvalue weighted by atomic mass is 9.59. The van der Waals surface area contributed by atoms with Crippen molar-refractivity contribution >= 4 is 45.0 Å². The van der Waals surface area contributed by atoms with E-state index in [9.17, 15) is 31.6 Å². The van der Waals surface area contributed by atoms with Gasteiger partial charge in [-0.2, -0.15) is 0 Å². The summed E-state index contributed by atoms with van der Waals surface area (Å²) in [5, 5.41) is 6.05. The molecule has 226 valence electrons. The van der Waals surface area contributed by atoms with Crippen molar-refractivity contribution in [2.24, 2.45) is 0 Å². The van der Waals surface area contributed by atoms with Gasteiger partial charge in [-0.05, 0) is 79.9 Å². The first-order valence-electron chi connectivity index (χ1n) is 13.2. The molecule has 5 rings (SSSR count). The Morgan fingerprint density at radius 1 is 1.05 bits per heavy atom. The SMILES string of the molecule is Cc1ccc(F)cc1C1NC(=O)CC(c2cc(F)ccc2OC(C)(C)C(=O)NS(C)(=O)=O)C12C(=O)Nc1cc(Cl)ccc12. The number of amides is 3. The van der Waals surface area contributed by atoms with E-state index >= 15 is 0 Å². The topological polar surface area (TPSA) is 131 Å². The number of hydrogen-bond donors (Lipinski definition) is 3. The van der Waals surface area contributed by atoms with Gasteiger partial charge in [0, 0.05) is 28.6 Å². The molecule has 1 spiro atoms. The van der Waals surface area contributed by atoms with Crippen LogP contribution >= 0.6 is 11.6 Å². The number of halogens is 3. The second-order valence-corrected chi connectivity index (χ2v) is 13.5. The van der Waals surface area contributed by atoms with E-state index in [2.05, 4.69) is 10.6 Å². The molecule has 43 heavy (non-hydrogen) atoms. The van der Waals surface area contributed by atoms with Gasteiger partial charge in [0.15, 0.2) is 5.60 Å². The first-order valence-corrected chi connectivity index (χ1v) is 15.5. The molecule has 0 aliphatic carbocycles.